The normalized spacial score (nSPS) is 11.3. The molecule has 0 aliphatic carbocycles. The van der Waals surface area contributed by atoms with Crippen molar-refractivity contribution < 1.29 is 32.3 Å². The summed E-state index contributed by atoms with van der Waals surface area (Å²) < 4.78 is 53.1. The van der Waals surface area contributed by atoms with E-state index in [4.69, 9.17) is 5.11 Å². The van der Waals surface area contributed by atoms with Gasteiger partial charge < -0.3 is 10.4 Å². The molecule has 0 fully saturated rings. The van der Waals surface area contributed by atoms with Crippen molar-refractivity contribution in [3.63, 3.8) is 0 Å². The number of nitrogens with one attached hydrogen (secondary N) is 1. The first-order valence-electron chi connectivity index (χ1n) is 7.53. The van der Waals surface area contributed by atoms with Crippen molar-refractivity contribution >= 4 is 11.9 Å². The number of benzene rings is 2. The van der Waals surface area contributed by atoms with Crippen LogP contribution in [0.15, 0.2) is 36.4 Å². The van der Waals surface area contributed by atoms with Gasteiger partial charge in [0.2, 0.25) is 5.91 Å². The second kappa shape index (κ2) is 7.55. The molecule has 0 aliphatic heterocycles. The second-order valence-corrected chi connectivity index (χ2v) is 5.66. The van der Waals surface area contributed by atoms with Crippen LogP contribution in [-0.4, -0.2) is 17.0 Å². The van der Waals surface area contributed by atoms with Gasteiger partial charge in [0.1, 0.15) is 5.82 Å². The van der Waals surface area contributed by atoms with Gasteiger partial charge in [-0.15, -0.1) is 0 Å². The molecule has 2 aromatic rings. The van der Waals surface area contributed by atoms with Gasteiger partial charge in [-0.25, -0.2) is 4.39 Å². The van der Waals surface area contributed by atoms with Crippen LogP contribution in [0.4, 0.5) is 17.6 Å². The summed E-state index contributed by atoms with van der Waals surface area (Å²) in [6.45, 7) is 0.985. The molecule has 4 nitrogen and oxygen atoms in total. The number of carbonyl (C=O) groups is 2. The Balaban J connectivity index is 2.56. The van der Waals surface area contributed by atoms with Crippen LogP contribution in [0.5, 0.6) is 0 Å². The van der Waals surface area contributed by atoms with Gasteiger partial charge in [0, 0.05) is 19.0 Å². The van der Waals surface area contributed by atoms with Crippen molar-refractivity contribution in [2.75, 3.05) is 0 Å². The zero-order chi connectivity index (χ0) is 19.5. The van der Waals surface area contributed by atoms with E-state index in [2.05, 4.69) is 5.32 Å². The van der Waals surface area contributed by atoms with Gasteiger partial charge in [-0.05, 0) is 41.0 Å². The number of alkyl halides is 3. The van der Waals surface area contributed by atoms with Crippen LogP contribution >= 0.6 is 0 Å². The van der Waals surface area contributed by atoms with E-state index < -0.39 is 29.4 Å². The topological polar surface area (TPSA) is 66.4 Å². The molecule has 0 heterocycles. The van der Waals surface area contributed by atoms with Gasteiger partial charge in [-0.2, -0.15) is 13.2 Å². The molecule has 0 spiro atoms. The average Bonchev–Trinajstić information content (AvgIpc) is 2.53. The van der Waals surface area contributed by atoms with Gasteiger partial charge >= 0.3 is 12.1 Å². The first-order chi connectivity index (χ1) is 12.1. The Morgan fingerprint density at radius 2 is 1.77 bits per heavy atom. The van der Waals surface area contributed by atoms with E-state index in [1.165, 1.54) is 19.1 Å². The van der Waals surface area contributed by atoms with Crippen molar-refractivity contribution in [3.05, 3.63) is 58.9 Å². The fourth-order valence-corrected chi connectivity index (χ4v) is 2.46. The molecule has 0 saturated heterocycles. The Morgan fingerprint density at radius 3 is 2.35 bits per heavy atom. The standard InChI is InChI=1S/C18H15F4NO3/c1-10(24)23-9-12-8-13(18(20,21)22)3-4-14(12)15-6-11(7-17(25)26)2-5-16(15)19/h2-6,8H,7,9H2,1H3,(H,23,24)(H,25,26). The summed E-state index contributed by atoms with van der Waals surface area (Å²) in [5.74, 6) is -2.27. The summed E-state index contributed by atoms with van der Waals surface area (Å²) in [7, 11) is 0. The number of hydrogen-bond donors (Lipinski definition) is 2. The van der Waals surface area contributed by atoms with Gasteiger partial charge in [-0.3, -0.25) is 9.59 Å². The lowest BCUT2D eigenvalue weighted by atomic mass is 9.95. The number of rotatable bonds is 5. The summed E-state index contributed by atoms with van der Waals surface area (Å²) in [6, 6.07) is 6.41. The largest absolute Gasteiger partial charge is 0.481 e. The summed E-state index contributed by atoms with van der Waals surface area (Å²) in [5.41, 5.74) is -0.432. The molecule has 0 aromatic heterocycles. The number of amides is 1. The molecule has 26 heavy (non-hydrogen) atoms. The number of hydrogen-bond acceptors (Lipinski definition) is 2. The van der Waals surface area contributed by atoms with Crippen molar-refractivity contribution in [3.8, 4) is 11.1 Å². The number of aliphatic carboxylic acids is 1. The Bertz CT molecular complexity index is 847. The zero-order valence-electron chi connectivity index (χ0n) is 13.7. The fraction of sp³-hybridized carbons (Fsp3) is 0.222. The summed E-state index contributed by atoms with van der Waals surface area (Å²) in [5, 5.41) is 11.3. The molecule has 0 saturated carbocycles. The van der Waals surface area contributed by atoms with E-state index in [0.29, 0.717) is 5.56 Å². The average molecular weight is 369 g/mol. The van der Waals surface area contributed by atoms with Crippen LogP contribution in [0, 0.1) is 5.82 Å². The zero-order valence-corrected chi connectivity index (χ0v) is 13.7. The molecule has 8 heteroatoms. The molecular formula is C18H15F4NO3. The van der Waals surface area contributed by atoms with Crippen molar-refractivity contribution in [1.29, 1.82) is 0 Å². The van der Waals surface area contributed by atoms with Crippen LogP contribution in [0.1, 0.15) is 23.6 Å². The van der Waals surface area contributed by atoms with Crippen molar-refractivity contribution in [1.82, 2.24) is 5.32 Å². The van der Waals surface area contributed by atoms with Crippen molar-refractivity contribution in [2.24, 2.45) is 0 Å². The van der Waals surface area contributed by atoms with Gasteiger partial charge in [0.25, 0.3) is 0 Å². The smallest absolute Gasteiger partial charge is 0.416 e. The fourth-order valence-electron chi connectivity index (χ4n) is 2.46. The lowest BCUT2D eigenvalue weighted by Crippen LogP contribution is -2.20. The minimum Gasteiger partial charge on any atom is -0.481 e. The second-order valence-electron chi connectivity index (χ2n) is 5.66. The molecule has 0 radical (unpaired) electrons. The van der Waals surface area contributed by atoms with E-state index in [-0.39, 0.29) is 29.7 Å². The van der Waals surface area contributed by atoms with E-state index in [1.807, 2.05) is 0 Å². The number of halogens is 4. The quantitative estimate of drug-likeness (QED) is 0.789. The Labute approximate surface area is 146 Å². The predicted octanol–water partition coefficient (Wildman–Crippen LogP) is 3.77. The molecule has 138 valence electrons. The lowest BCUT2D eigenvalue weighted by molar-refractivity contribution is -0.138. The monoisotopic (exact) mass is 369 g/mol. The first-order valence-corrected chi connectivity index (χ1v) is 7.53. The molecule has 0 aliphatic rings. The van der Waals surface area contributed by atoms with Crippen LogP contribution < -0.4 is 5.32 Å². The maximum absolute atomic E-state index is 14.2. The highest BCUT2D eigenvalue weighted by Crippen LogP contribution is 2.34. The lowest BCUT2D eigenvalue weighted by Gasteiger charge is -2.15. The van der Waals surface area contributed by atoms with Crippen LogP contribution in [0.25, 0.3) is 11.1 Å². The van der Waals surface area contributed by atoms with Crippen LogP contribution in [0.2, 0.25) is 0 Å². The molecule has 0 bridgehead atoms. The Hall–Kier alpha value is -2.90. The first kappa shape index (κ1) is 19.4. The maximum Gasteiger partial charge on any atom is 0.416 e. The maximum atomic E-state index is 14.2. The van der Waals surface area contributed by atoms with Crippen molar-refractivity contribution in [2.45, 2.75) is 26.1 Å². The van der Waals surface area contributed by atoms with E-state index in [1.54, 1.807) is 0 Å². The SMILES string of the molecule is CC(=O)NCc1cc(C(F)(F)F)ccc1-c1cc(CC(=O)O)ccc1F. The van der Waals surface area contributed by atoms with Gasteiger partial charge in [0.15, 0.2) is 0 Å². The summed E-state index contributed by atoms with van der Waals surface area (Å²) in [4.78, 5) is 22.0. The van der Waals surface area contributed by atoms with E-state index in [9.17, 15) is 27.2 Å². The Morgan fingerprint density at radius 1 is 1.08 bits per heavy atom. The molecule has 2 aromatic carbocycles. The van der Waals surface area contributed by atoms with Gasteiger partial charge in [0.05, 0.1) is 12.0 Å². The molecule has 1 amide bonds. The van der Waals surface area contributed by atoms with E-state index >= 15 is 0 Å². The Kier molecular flexibility index (Phi) is 5.64. The molecule has 2 rings (SSSR count). The predicted molar refractivity (Wildman–Crippen MR) is 85.7 cm³/mol. The summed E-state index contributed by atoms with van der Waals surface area (Å²) in [6.07, 6.45) is -4.94. The third-order valence-corrected chi connectivity index (χ3v) is 3.64. The molecule has 0 unspecified atom stereocenters. The molecule has 0 atom stereocenters. The highest BCUT2D eigenvalue weighted by atomic mass is 19.4. The minimum absolute atomic E-state index is 0.0298. The number of carbonyl (C=O) groups excluding carboxylic acids is 1. The van der Waals surface area contributed by atoms with Crippen LogP contribution in [-0.2, 0) is 28.7 Å². The third kappa shape index (κ3) is 4.81. The van der Waals surface area contributed by atoms with E-state index in [0.717, 1.165) is 24.3 Å². The minimum atomic E-state index is -4.59. The highest BCUT2D eigenvalue weighted by molar-refractivity contribution is 5.75. The van der Waals surface area contributed by atoms with Crippen LogP contribution in [0.3, 0.4) is 0 Å². The molecular weight excluding hydrogens is 354 g/mol. The highest BCUT2D eigenvalue weighted by Gasteiger charge is 2.31. The third-order valence-electron chi connectivity index (χ3n) is 3.64. The number of carboxylic acids is 1. The molecule has 2 N–H and O–H groups in total. The summed E-state index contributed by atoms with van der Waals surface area (Å²) >= 11 is 0. The van der Waals surface area contributed by atoms with Gasteiger partial charge in [-0.1, -0.05) is 12.1 Å². The number of carboxylic acid groups (broad SMARTS) is 1.